The first-order valence-electron chi connectivity index (χ1n) is 9.26. The number of carboxylic acids is 1. The molecule has 0 aliphatic heterocycles. The molecule has 12 heteroatoms. The third-order valence-corrected chi connectivity index (χ3v) is 5.90. The van der Waals surface area contributed by atoms with Gasteiger partial charge in [-0.2, -0.15) is 0 Å². The van der Waals surface area contributed by atoms with Crippen LogP contribution in [0.5, 0.6) is 11.5 Å². The molecule has 0 unspecified atom stereocenters. The number of aromatic carboxylic acids is 1. The van der Waals surface area contributed by atoms with Gasteiger partial charge < -0.3 is 26.0 Å². The van der Waals surface area contributed by atoms with E-state index in [1.54, 1.807) is 18.2 Å². The van der Waals surface area contributed by atoms with Gasteiger partial charge in [-0.3, -0.25) is 5.41 Å². The molecule has 0 aliphatic rings. The lowest BCUT2D eigenvalue weighted by Crippen LogP contribution is -2.12. The van der Waals surface area contributed by atoms with Crippen molar-refractivity contribution in [2.75, 3.05) is 0 Å². The standard InChI is InChI=1S/C21H17N5O6S/c22-19(23)9-1-3-15-16(7-9)26-20(25-15)14-6-10(21(29)30)5-13(18(14)28)12-8-11(33(24,31)32)2-4-17(12)27/h1-8,27-28H,(H3,22,23)(H,25,26)(H,29,30)(H2,24,31,32). The summed E-state index contributed by atoms with van der Waals surface area (Å²) in [5.74, 6) is -2.23. The van der Waals surface area contributed by atoms with Gasteiger partial charge in [0.25, 0.3) is 0 Å². The SMILES string of the molecule is N=C(N)c1ccc2nc(-c3cc(C(=O)O)cc(-c4cc(S(N)(=O)=O)ccc4O)c3O)[nH]c2c1. The summed E-state index contributed by atoms with van der Waals surface area (Å²) in [7, 11) is -4.14. The lowest BCUT2D eigenvalue weighted by Gasteiger charge is -2.13. The second kappa shape index (κ2) is 7.62. The zero-order valence-corrected chi connectivity index (χ0v) is 17.5. The van der Waals surface area contributed by atoms with Gasteiger partial charge in [0.1, 0.15) is 23.2 Å². The summed E-state index contributed by atoms with van der Waals surface area (Å²) < 4.78 is 23.5. The van der Waals surface area contributed by atoms with Gasteiger partial charge in [-0.15, -0.1) is 0 Å². The Kier molecular flexibility index (Phi) is 5.03. The third-order valence-electron chi connectivity index (χ3n) is 4.99. The number of H-pyrrole nitrogens is 1. The van der Waals surface area contributed by atoms with E-state index in [1.807, 2.05) is 0 Å². The second-order valence-electron chi connectivity index (χ2n) is 7.18. The van der Waals surface area contributed by atoms with E-state index in [9.17, 15) is 28.5 Å². The van der Waals surface area contributed by atoms with Gasteiger partial charge in [0, 0.05) is 16.7 Å². The first-order valence-corrected chi connectivity index (χ1v) is 10.8. The van der Waals surface area contributed by atoms with Gasteiger partial charge in [-0.1, -0.05) is 0 Å². The minimum atomic E-state index is -4.14. The van der Waals surface area contributed by atoms with Crippen LogP contribution in [0.1, 0.15) is 15.9 Å². The highest BCUT2D eigenvalue weighted by Crippen LogP contribution is 2.42. The Hall–Kier alpha value is -4.42. The predicted molar refractivity (Wildman–Crippen MR) is 120 cm³/mol. The summed E-state index contributed by atoms with van der Waals surface area (Å²) in [5.41, 5.74) is 6.36. The molecule has 0 radical (unpaired) electrons. The van der Waals surface area contributed by atoms with Crippen molar-refractivity contribution in [3.8, 4) is 34.0 Å². The van der Waals surface area contributed by atoms with Crippen LogP contribution in [0.2, 0.25) is 0 Å². The van der Waals surface area contributed by atoms with Crippen molar-refractivity contribution in [3.63, 3.8) is 0 Å². The second-order valence-corrected chi connectivity index (χ2v) is 8.74. The highest BCUT2D eigenvalue weighted by Gasteiger charge is 2.22. The van der Waals surface area contributed by atoms with Gasteiger partial charge in [0.15, 0.2) is 0 Å². The average Bonchev–Trinajstić information content (AvgIpc) is 3.16. The summed E-state index contributed by atoms with van der Waals surface area (Å²) in [6, 6.07) is 10.2. The third kappa shape index (κ3) is 3.95. The van der Waals surface area contributed by atoms with Crippen LogP contribution in [-0.4, -0.2) is 45.5 Å². The number of imidazole rings is 1. The van der Waals surface area contributed by atoms with Crippen molar-refractivity contribution in [2.24, 2.45) is 10.9 Å². The minimum Gasteiger partial charge on any atom is -0.507 e. The fourth-order valence-electron chi connectivity index (χ4n) is 3.36. The molecule has 0 bridgehead atoms. The van der Waals surface area contributed by atoms with Crippen LogP contribution >= 0.6 is 0 Å². The number of nitrogens with one attached hydrogen (secondary N) is 2. The number of carboxylic acid groups (broad SMARTS) is 1. The Balaban J connectivity index is 1.98. The molecule has 4 aromatic rings. The molecule has 1 aromatic heterocycles. The van der Waals surface area contributed by atoms with Crippen molar-refractivity contribution < 1.29 is 28.5 Å². The largest absolute Gasteiger partial charge is 0.507 e. The summed E-state index contributed by atoms with van der Waals surface area (Å²) in [5, 5.41) is 43.6. The molecule has 33 heavy (non-hydrogen) atoms. The first-order chi connectivity index (χ1) is 15.5. The van der Waals surface area contributed by atoms with Crippen LogP contribution in [0.3, 0.4) is 0 Å². The fourth-order valence-corrected chi connectivity index (χ4v) is 3.90. The molecule has 0 saturated heterocycles. The number of primary sulfonamides is 1. The molecule has 4 rings (SSSR count). The van der Waals surface area contributed by atoms with Crippen molar-refractivity contribution in [3.05, 3.63) is 59.7 Å². The molecule has 0 atom stereocenters. The van der Waals surface area contributed by atoms with Crippen LogP contribution in [0, 0.1) is 5.41 Å². The molecule has 0 saturated carbocycles. The monoisotopic (exact) mass is 467 g/mol. The number of sulfonamides is 1. The molecule has 11 nitrogen and oxygen atoms in total. The number of rotatable bonds is 5. The predicted octanol–water partition coefficient (Wildman–Crippen LogP) is 1.94. The van der Waals surface area contributed by atoms with E-state index in [4.69, 9.17) is 16.3 Å². The number of hydrogen-bond acceptors (Lipinski definition) is 7. The number of nitrogen functional groups attached to an aromatic ring is 1. The number of phenolic OH excluding ortho intramolecular Hbond substituents is 2. The zero-order valence-electron chi connectivity index (χ0n) is 16.7. The number of amidine groups is 1. The average molecular weight is 467 g/mol. The Morgan fingerprint density at radius 1 is 0.970 bits per heavy atom. The zero-order chi connectivity index (χ0) is 24.1. The van der Waals surface area contributed by atoms with Crippen LogP contribution in [0.4, 0.5) is 0 Å². The minimum absolute atomic E-state index is 0.00844. The lowest BCUT2D eigenvalue weighted by molar-refractivity contribution is 0.0697. The molecule has 0 aliphatic carbocycles. The van der Waals surface area contributed by atoms with E-state index in [0.29, 0.717) is 16.6 Å². The molecular weight excluding hydrogens is 450 g/mol. The molecule has 168 valence electrons. The van der Waals surface area contributed by atoms with Crippen LogP contribution in [0.15, 0.2) is 53.4 Å². The molecular formula is C21H17N5O6S. The Bertz CT molecular complexity index is 1580. The number of phenols is 2. The van der Waals surface area contributed by atoms with Crippen LogP contribution < -0.4 is 10.9 Å². The molecule has 0 fully saturated rings. The van der Waals surface area contributed by atoms with Crippen molar-refractivity contribution >= 4 is 32.9 Å². The van der Waals surface area contributed by atoms with Gasteiger partial charge in [-0.25, -0.2) is 23.3 Å². The van der Waals surface area contributed by atoms with E-state index in [1.165, 1.54) is 6.07 Å². The number of hydrogen-bond donors (Lipinski definition) is 7. The number of aromatic amines is 1. The smallest absolute Gasteiger partial charge is 0.335 e. The highest BCUT2D eigenvalue weighted by molar-refractivity contribution is 7.89. The fraction of sp³-hybridized carbons (Fsp3) is 0. The lowest BCUT2D eigenvalue weighted by atomic mass is 9.97. The van der Waals surface area contributed by atoms with Gasteiger partial charge >= 0.3 is 5.97 Å². The number of nitrogens with two attached hydrogens (primary N) is 2. The molecule has 0 amide bonds. The molecule has 9 N–H and O–H groups in total. The number of benzene rings is 3. The number of nitrogens with zero attached hydrogens (tertiary/aromatic N) is 1. The van der Waals surface area contributed by atoms with Gasteiger partial charge in [0.05, 0.1) is 27.1 Å². The highest BCUT2D eigenvalue weighted by atomic mass is 32.2. The van der Waals surface area contributed by atoms with Crippen molar-refractivity contribution in [1.82, 2.24) is 9.97 Å². The van der Waals surface area contributed by atoms with Gasteiger partial charge in [0.2, 0.25) is 10.0 Å². The summed E-state index contributed by atoms with van der Waals surface area (Å²) >= 11 is 0. The molecule has 1 heterocycles. The topological polar surface area (TPSA) is 216 Å². The number of carbonyl (C=O) groups is 1. The molecule has 3 aromatic carbocycles. The van der Waals surface area contributed by atoms with Crippen LogP contribution in [-0.2, 0) is 10.0 Å². The van der Waals surface area contributed by atoms with Gasteiger partial charge in [-0.05, 0) is 48.5 Å². The Morgan fingerprint density at radius 2 is 1.67 bits per heavy atom. The van der Waals surface area contributed by atoms with E-state index in [2.05, 4.69) is 9.97 Å². The summed E-state index contributed by atoms with van der Waals surface area (Å²) in [4.78, 5) is 18.7. The van der Waals surface area contributed by atoms with Crippen molar-refractivity contribution in [1.29, 1.82) is 5.41 Å². The van der Waals surface area contributed by atoms with E-state index in [-0.39, 0.29) is 38.8 Å². The maximum Gasteiger partial charge on any atom is 0.335 e. The summed E-state index contributed by atoms with van der Waals surface area (Å²) in [6.07, 6.45) is 0. The normalized spacial score (nSPS) is 11.5. The van der Waals surface area contributed by atoms with E-state index < -0.39 is 27.5 Å². The van der Waals surface area contributed by atoms with Crippen LogP contribution in [0.25, 0.3) is 33.5 Å². The number of aromatic hydroxyl groups is 2. The maximum atomic E-state index is 11.8. The maximum absolute atomic E-state index is 11.8. The Morgan fingerprint density at radius 3 is 2.30 bits per heavy atom. The summed E-state index contributed by atoms with van der Waals surface area (Å²) in [6.45, 7) is 0. The quantitative estimate of drug-likeness (QED) is 0.169. The number of fused-ring (bicyclic) bond motifs is 1. The Labute approximate surface area is 186 Å². The van der Waals surface area contributed by atoms with E-state index >= 15 is 0 Å². The van der Waals surface area contributed by atoms with E-state index in [0.717, 1.165) is 24.3 Å². The first kappa shape index (κ1) is 21.8. The number of aromatic nitrogens is 2. The van der Waals surface area contributed by atoms with Crippen molar-refractivity contribution in [2.45, 2.75) is 4.90 Å². The molecule has 0 spiro atoms.